The molecule has 1 aromatic carbocycles. The first-order valence-corrected chi connectivity index (χ1v) is 7.58. The molecule has 1 aromatic rings. The third-order valence-corrected chi connectivity index (χ3v) is 3.91. The van der Waals surface area contributed by atoms with Crippen LogP contribution in [0.4, 0.5) is 13.2 Å². The summed E-state index contributed by atoms with van der Waals surface area (Å²) in [5, 5.41) is 9.20. The largest absolute Gasteiger partial charge is 0.480 e. The first-order chi connectivity index (χ1) is 11.2. The van der Waals surface area contributed by atoms with Gasteiger partial charge in [-0.1, -0.05) is 12.1 Å². The van der Waals surface area contributed by atoms with Crippen LogP contribution in [0.5, 0.6) is 5.75 Å². The molecule has 2 unspecified atom stereocenters. The number of hydrogen-bond acceptors (Lipinski definition) is 3. The summed E-state index contributed by atoms with van der Waals surface area (Å²) >= 11 is 0. The lowest BCUT2D eigenvalue weighted by Gasteiger charge is -2.34. The van der Waals surface area contributed by atoms with Gasteiger partial charge in [0.05, 0.1) is 5.56 Å². The van der Waals surface area contributed by atoms with E-state index >= 15 is 0 Å². The minimum absolute atomic E-state index is 0.254. The van der Waals surface area contributed by atoms with Gasteiger partial charge in [0, 0.05) is 6.54 Å². The summed E-state index contributed by atoms with van der Waals surface area (Å²) in [5.74, 6) is -2.19. The summed E-state index contributed by atoms with van der Waals surface area (Å²) in [6.07, 6.45) is -4.15. The number of piperidine rings is 1. The Labute approximate surface area is 137 Å². The molecule has 1 fully saturated rings. The Morgan fingerprint density at radius 2 is 1.96 bits per heavy atom. The highest BCUT2D eigenvalue weighted by molar-refractivity contribution is 5.86. The molecule has 1 aliphatic heterocycles. The number of rotatable bonds is 4. The molecule has 24 heavy (non-hydrogen) atoms. The van der Waals surface area contributed by atoms with Crippen molar-refractivity contribution in [3.8, 4) is 5.75 Å². The van der Waals surface area contributed by atoms with E-state index in [1.165, 1.54) is 24.0 Å². The van der Waals surface area contributed by atoms with Crippen molar-refractivity contribution in [3.05, 3.63) is 29.8 Å². The Morgan fingerprint density at radius 1 is 1.29 bits per heavy atom. The van der Waals surface area contributed by atoms with E-state index in [1.807, 2.05) is 0 Å². The summed E-state index contributed by atoms with van der Waals surface area (Å²) in [4.78, 5) is 24.9. The van der Waals surface area contributed by atoms with Crippen LogP contribution in [0, 0.1) is 0 Å². The van der Waals surface area contributed by atoms with Crippen molar-refractivity contribution in [2.75, 3.05) is 6.54 Å². The predicted octanol–water partition coefficient (Wildman–Crippen LogP) is 2.94. The molecule has 1 saturated heterocycles. The average molecular weight is 345 g/mol. The number of para-hydroxylation sites is 1. The molecule has 0 bridgehead atoms. The van der Waals surface area contributed by atoms with Gasteiger partial charge < -0.3 is 14.7 Å². The number of amides is 1. The third-order valence-electron chi connectivity index (χ3n) is 3.91. The van der Waals surface area contributed by atoms with Crippen LogP contribution in [0.15, 0.2) is 24.3 Å². The maximum atomic E-state index is 13.0. The van der Waals surface area contributed by atoms with Crippen LogP contribution in [0.25, 0.3) is 0 Å². The second-order valence-electron chi connectivity index (χ2n) is 5.64. The molecule has 0 radical (unpaired) electrons. The van der Waals surface area contributed by atoms with Crippen molar-refractivity contribution < 1.29 is 32.6 Å². The molecule has 8 heteroatoms. The van der Waals surface area contributed by atoms with Crippen molar-refractivity contribution in [3.63, 3.8) is 0 Å². The van der Waals surface area contributed by atoms with Gasteiger partial charge in [-0.25, -0.2) is 4.79 Å². The van der Waals surface area contributed by atoms with Gasteiger partial charge in [0.2, 0.25) is 0 Å². The van der Waals surface area contributed by atoms with Crippen molar-refractivity contribution in [2.24, 2.45) is 0 Å². The van der Waals surface area contributed by atoms with Crippen LogP contribution < -0.4 is 4.74 Å². The standard InChI is InChI=1S/C16H18F3NO4/c1-10(14(21)20-9-5-4-7-12(20)15(22)23)24-13-8-3-2-6-11(13)16(17,18)19/h2-3,6,8,10,12H,4-5,7,9H2,1H3,(H,22,23). The normalized spacial score (nSPS) is 19.7. The highest BCUT2D eigenvalue weighted by Crippen LogP contribution is 2.36. The number of benzene rings is 1. The van der Waals surface area contributed by atoms with E-state index < -0.39 is 41.5 Å². The second kappa shape index (κ2) is 7.11. The quantitative estimate of drug-likeness (QED) is 0.911. The Hall–Kier alpha value is -2.25. The first-order valence-electron chi connectivity index (χ1n) is 7.58. The van der Waals surface area contributed by atoms with Crippen molar-refractivity contribution in [2.45, 2.75) is 44.5 Å². The van der Waals surface area contributed by atoms with E-state index in [0.29, 0.717) is 19.3 Å². The summed E-state index contributed by atoms with van der Waals surface area (Å²) in [7, 11) is 0. The van der Waals surface area contributed by atoms with Gasteiger partial charge in [-0.2, -0.15) is 13.2 Å². The zero-order valence-corrected chi connectivity index (χ0v) is 13.0. The highest BCUT2D eigenvalue weighted by atomic mass is 19.4. The van der Waals surface area contributed by atoms with Crippen LogP contribution in [0.3, 0.4) is 0 Å². The third kappa shape index (κ3) is 3.98. The van der Waals surface area contributed by atoms with Crippen molar-refractivity contribution in [1.82, 2.24) is 4.90 Å². The summed E-state index contributed by atoms with van der Waals surface area (Å²) in [6.45, 7) is 1.58. The number of carboxylic acid groups (broad SMARTS) is 1. The van der Waals surface area contributed by atoms with E-state index in [9.17, 15) is 27.9 Å². The Bertz CT molecular complexity index is 618. The van der Waals surface area contributed by atoms with E-state index in [4.69, 9.17) is 4.74 Å². The zero-order chi connectivity index (χ0) is 17.9. The molecule has 132 valence electrons. The summed E-state index contributed by atoms with van der Waals surface area (Å²) < 4.78 is 44.1. The summed E-state index contributed by atoms with van der Waals surface area (Å²) in [6, 6.07) is 3.65. The summed E-state index contributed by atoms with van der Waals surface area (Å²) in [5.41, 5.74) is -0.974. The fourth-order valence-electron chi connectivity index (χ4n) is 2.73. The molecule has 1 heterocycles. The fraction of sp³-hybridized carbons (Fsp3) is 0.500. The van der Waals surface area contributed by atoms with E-state index in [0.717, 1.165) is 12.1 Å². The van der Waals surface area contributed by atoms with Gasteiger partial charge >= 0.3 is 12.1 Å². The van der Waals surface area contributed by atoms with Gasteiger partial charge in [0.1, 0.15) is 11.8 Å². The SMILES string of the molecule is CC(Oc1ccccc1C(F)(F)F)C(=O)N1CCCCC1C(=O)O. The van der Waals surface area contributed by atoms with E-state index in [-0.39, 0.29) is 6.54 Å². The predicted molar refractivity (Wildman–Crippen MR) is 78.5 cm³/mol. The topological polar surface area (TPSA) is 66.8 Å². The van der Waals surface area contributed by atoms with E-state index in [2.05, 4.69) is 0 Å². The molecule has 1 N–H and O–H groups in total. The van der Waals surface area contributed by atoms with Gasteiger partial charge in [0.25, 0.3) is 5.91 Å². The van der Waals surface area contributed by atoms with Crippen LogP contribution in [-0.2, 0) is 15.8 Å². The molecule has 2 atom stereocenters. The number of carboxylic acids is 1. The minimum Gasteiger partial charge on any atom is -0.480 e. The number of ether oxygens (including phenoxy) is 1. The van der Waals surface area contributed by atoms with Gasteiger partial charge in [0.15, 0.2) is 6.10 Å². The molecule has 5 nitrogen and oxygen atoms in total. The number of halogens is 3. The molecular weight excluding hydrogens is 327 g/mol. The Kier molecular flexibility index (Phi) is 5.36. The van der Waals surface area contributed by atoms with Crippen molar-refractivity contribution in [1.29, 1.82) is 0 Å². The Balaban J connectivity index is 2.16. The molecular formula is C16H18F3NO4. The highest BCUT2D eigenvalue weighted by Gasteiger charge is 2.37. The number of nitrogens with zero attached hydrogens (tertiary/aromatic N) is 1. The molecule has 0 spiro atoms. The lowest BCUT2D eigenvalue weighted by Crippen LogP contribution is -2.52. The first kappa shape index (κ1) is 18.1. The molecule has 1 amide bonds. The number of aliphatic carboxylic acids is 1. The smallest absolute Gasteiger partial charge is 0.419 e. The number of carbonyl (C=O) groups excluding carboxylic acids is 1. The lowest BCUT2D eigenvalue weighted by molar-refractivity contribution is -0.155. The van der Waals surface area contributed by atoms with Gasteiger partial charge in [-0.15, -0.1) is 0 Å². The maximum absolute atomic E-state index is 13.0. The maximum Gasteiger partial charge on any atom is 0.419 e. The second-order valence-corrected chi connectivity index (χ2v) is 5.64. The molecule has 0 aromatic heterocycles. The number of likely N-dealkylation sites (tertiary alicyclic amines) is 1. The van der Waals surface area contributed by atoms with Crippen LogP contribution >= 0.6 is 0 Å². The number of alkyl halides is 3. The average Bonchev–Trinajstić information content (AvgIpc) is 2.53. The zero-order valence-electron chi connectivity index (χ0n) is 13.0. The van der Waals surface area contributed by atoms with Gasteiger partial charge in [-0.05, 0) is 38.3 Å². The monoisotopic (exact) mass is 345 g/mol. The number of carbonyl (C=O) groups is 2. The van der Waals surface area contributed by atoms with Crippen LogP contribution in [0.1, 0.15) is 31.7 Å². The molecule has 1 aliphatic rings. The molecule has 0 saturated carbocycles. The van der Waals surface area contributed by atoms with Crippen LogP contribution in [0.2, 0.25) is 0 Å². The van der Waals surface area contributed by atoms with Crippen LogP contribution in [-0.4, -0.2) is 40.6 Å². The molecule has 2 rings (SSSR count). The number of hydrogen-bond donors (Lipinski definition) is 1. The van der Waals surface area contributed by atoms with Crippen molar-refractivity contribution >= 4 is 11.9 Å². The van der Waals surface area contributed by atoms with Gasteiger partial charge in [-0.3, -0.25) is 4.79 Å². The van der Waals surface area contributed by atoms with E-state index in [1.54, 1.807) is 0 Å². The lowest BCUT2D eigenvalue weighted by atomic mass is 10.0. The minimum atomic E-state index is -4.60. The molecule has 0 aliphatic carbocycles. The fourth-order valence-corrected chi connectivity index (χ4v) is 2.73. The Morgan fingerprint density at radius 3 is 2.58 bits per heavy atom.